The van der Waals surface area contributed by atoms with E-state index in [1.807, 2.05) is 24.6 Å². The van der Waals surface area contributed by atoms with E-state index in [1.165, 1.54) is 16.8 Å². The lowest BCUT2D eigenvalue weighted by molar-refractivity contribution is 0.507. The summed E-state index contributed by atoms with van der Waals surface area (Å²) in [7, 11) is 0. The quantitative estimate of drug-likeness (QED) is 0.825. The van der Waals surface area contributed by atoms with Crippen LogP contribution in [0.25, 0.3) is 0 Å². The zero-order valence-corrected chi connectivity index (χ0v) is 11.7. The lowest BCUT2D eigenvalue weighted by atomic mass is 9.99. The van der Waals surface area contributed by atoms with Gasteiger partial charge in [0.15, 0.2) is 0 Å². The van der Waals surface area contributed by atoms with Gasteiger partial charge in [-0.25, -0.2) is 0 Å². The van der Waals surface area contributed by atoms with Crippen LogP contribution in [-0.2, 0) is 12.8 Å². The third-order valence-corrected chi connectivity index (χ3v) is 3.30. The first-order chi connectivity index (χ1) is 9.35. The molecule has 2 aromatic rings. The first-order valence-corrected chi connectivity index (χ1v) is 7.03. The van der Waals surface area contributed by atoms with E-state index in [9.17, 15) is 0 Å². The van der Waals surface area contributed by atoms with Gasteiger partial charge in [-0.3, -0.25) is 4.98 Å². The van der Waals surface area contributed by atoms with E-state index >= 15 is 0 Å². The molecule has 0 aliphatic carbocycles. The Morgan fingerprint density at radius 1 is 1.32 bits per heavy atom. The van der Waals surface area contributed by atoms with Gasteiger partial charge in [-0.2, -0.15) is 0 Å². The first-order valence-electron chi connectivity index (χ1n) is 7.03. The van der Waals surface area contributed by atoms with Crippen LogP contribution in [0.15, 0.2) is 41.3 Å². The summed E-state index contributed by atoms with van der Waals surface area (Å²) in [5, 5.41) is 3.59. The van der Waals surface area contributed by atoms with Gasteiger partial charge in [0.1, 0.15) is 0 Å². The lowest BCUT2D eigenvalue weighted by Gasteiger charge is -2.20. The predicted octanol–water partition coefficient (Wildman–Crippen LogP) is 3.52. The van der Waals surface area contributed by atoms with Crippen molar-refractivity contribution in [2.45, 2.75) is 39.2 Å². The molecule has 0 bridgehead atoms. The molecule has 19 heavy (non-hydrogen) atoms. The Kier molecular flexibility index (Phi) is 5.16. The highest BCUT2D eigenvalue weighted by Crippen LogP contribution is 2.20. The highest BCUT2D eigenvalue weighted by Gasteiger charge is 2.16. The molecule has 1 N–H and O–H groups in total. The van der Waals surface area contributed by atoms with E-state index in [2.05, 4.69) is 30.2 Å². The van der Waals surface area contributed by atoms with E-state index in [1.54, 1.807) is 6.26 Å². The fourth-order valence-corrected chi connectivity index (χ4v) is 2.29. The van der Waals surface area contributed by atoms with E-state index in [0.29, 0.717) is 0 Å². The minimum absolute atomic E-state index is 0.258. The Balaban J connectivity index is 2.20. The maximum atomic E-state index is 5.16. The minimum Gasteiger partial charge on any atom is -0.472 e. The molecule has 3 heteroatoms. The van der Waals surface area contributed by atoms with Crippen LogP contribution in [0, 0.1) is 0 Å². The molecule has 0 saturated carbocycles. The number of pyridine rings is 1. The number of nitrogens with zero attached hydrogens (tertiary/aromatic N) is 1. The van der Waals surface area contributed by atoms with Crippen LogP contribution in [-0.4, -0.2) is 11.5 Å². The fourth-order valence-electron chi connectivity index (χ4n) is 2.29. The summed E-state index contributed by atoms with van der Waals surface area (Å²) in [5.41, 5.74) is 3.69. The number of hydrogen-bond donors (Lipinski definition) is 1. The summed E-state index contributed by atoms with van der Waals surface area (Å²) in [5.74, 6) is 0. The monoisotopic (exact) mass is 258 g/mol. The second kappa shape index (κ2) is 7.10. The SMILES string of the molecule is CCCNC(Cc1ccoc1)c1ncccc1CC. The van der Waals surface area contributed by atoms with Crippen molar-refractivity contribution < 1.29 is 4.42 Å². The smallest absolute Gasteiger partial charge is 0.0935 e. The maximum absolute atomic E-state index is 5.16. The van der Waals surface area contributed by atoms with Crippen molar-refractivity contribution >= 4 is 0 Å². The molecule has 0 aliphatic rings. The Morgan fingerprint density at radius 2 is 2.21 bits per heavy atom. The predicted molar refractivity (Wildman–Crippen MR) is 77.1 cm³/mol. The van der Waals surface area contributed by atoms with Gasteiger partial charge >= 0.3 is 0 Å². The van der Waals surface area contributed by atoms with Crippen LogP contribution in [0.1, 0.15) is 43.1 Å². The Morgan fingerprint density at radius 3 is 2.89 bits per heavy atom. The number of rotatable bonds is 7. The number of nitrogens with one attached hydrogen (secondary N) is 1. The Hall–Kier alpha value is -1.61. The standard InChI is InChI=1S/C16H22N2O/c1-3-8-17-15(11-13-7-10-19-12-13)16-14(4-2)6-5-9-18-16/h5-7,9-10,12,15,17H,3-4,8,11H2,1-2H3. The molecule has 0 saturated heterocycles. The molecule has 2 heterocycles. The molecule has 0 fully saturated rings. The molecule has 0 radical (unpaired) electrons. The lowest BCUT2D eigenvalue weighted by Crippen LogP contribution is -2.26. The van der Waals surface area contributed by atoms with Crippen molar-refractivity contribution in [3.05, 3.63) is 53.7 Å². The van der Waals surface area contributed by atoms with Crippen LogP contribution < -0.4 is 5.32 Å². The summed E-state index contributed by atoms with van der Waals surface area (Å²) in [6, 6.07) is 6.46. The molecule has 1 atom stereocenters. The van der Waals surface area contributed by atoms with Crippen molar-refractivity contribution in [3.8, 4) is 0 Å². The summed E-state index contributed by atoms with van der Waals surface area (Å²) in [6.45, 7) is 5.36. The zero-order valence-electron chi connectivity index (χ0n) is 11.7. The third kappa shape index (κ3) is 3.67. The molecule has 102 valence electrons. The normalized spacial score (nSPS) is 12.5. The number of aryl methyl sites for hydroxylation is 1. The van der Waals surface area contributed by atoms with Crippen molar-refractivity contribution in [1.82, 2.24) is 10.3 Å². The molecule has 0 amide bonds. The summed E-state index contributed by atoms with van der Waals surface area (Å²) < 4.78 is 5.16. The van der Waals surface area contributed by atoms with E-state index in [-0.39, 0.29) is 6.04 Å². The highest BCUT2D eigenvalue weighted by molar-refractivity contribution is 5.25. The second-order valence-corrected chi connectivity index (χ2v) is 4.74. The van der Waals surface area contributed by atoms with E-state index in [0.717, 1.165) is 25.8 Å². The third-order valence-electron chi connectivity index (χ3n) is 3.30. The second-order valence-electron chi connectivity index (χ2n) is 4.74. The minimum atomic E-state index is 0.258. The molecule has 0 aromatic carbocycles. The van der Waals surface area contributed by atoms with Crippen LogP contribution in [0.3, 0.4) is 0 Å². The molecule has 2 rings (SSSR count). The summed E-state index contributed by atoms with van der Waals surface area (Å²) in [6.07, 6.45) is 8.47. The molecule has 2 aromatic heterocycles. The largest absolute Gasteiger partial charge is 0.472 e. The van der Waals surface area contributed by atoms with Gasteiger partial charge in [0.2, 0.25) is 0 Å². The van der Waals surface area contributed by atoms with E-state index < -0.39 is 0 Å². The van der Waals surface area contributed by atoms with Crippen molar-refractivity contribution in [3.63, 3.8) is 0 Å². The molecule has 0 aliphatic heterocycles. The zero-order chi connectivity index (χ0) is 13.5. The van der Waals surface area contributed by atoms with Gasteiger partial charge in [-0.15, -0.1) is 0 Å². The average molecular weight is 258 g/mol. The molecule has 0 spiro atoms. The molecule has 3 nitrogen and oxygen atoms in total. The maximum Gasteiger partial charge on any atom is 0.0935 e. The van der Waals surface area contributed by atoms with Crippen molar-refractivity contribution in [2.75, 3.05) is 6.54 Å². The van der Waals surface area contributed by atoms with Gasteiger partial charge in [0, 0.05) is 6.20 Å². The van der Waals surface area contributed by atoms with Gasteiger partial charge in [0.05, 0.1) is 24.3 Å². The summed E-state index contributed by atoms with van der Waals surface area (Å²) in [4.78, 5) is 4.59. The topological polar surface area (TPSA) is 38.1 Å². The van der Waals surface area contributed by atoms with Crippen LogP contribution >= 0.6 is 0 Å². The van der Waals surface area contributed by atoms with Crippen LogP contribution in [0.4, 0.5) is 0 Å². The summed E-state index contributed by atoms with van der Waals surface area (Å²) >= 11 is 0. The number of furan rings is 1. The molecule has 1 unspecified atom stereocenters. The van der Waals surface area contributed by atoms with Gasteiger partial charge in [-0.05, 0) is 49.1 Å². The van der Waals surface area contributed by atoms with Crippen LogP contribution in [0.2, 0.25) is 0 Å². The van der Waals surface area contributed by atoms with E-state index in [4.69, 9.17) is 4.42 Å². The molecular formula is C16H22N2O. The Bertz CT molecular complexity index is 479. The van der Waals surface area contributed by atoms with Crippen molar-refractivity contribution in [1.29, 1.82) is 0 Å². The highest BCUT2D eigenvalue weighted by atomic mass is 16.3. The van der Waals surface area contributed by atoms with Gasteiger partial charge < -0.3 is 9.73 Å². The Labute approximate surface area is 115 Å². The number of aromatic nitrogens is 1. The number of hydrogen-bond acceptors (Lipinski definition) is 3. The average Bonchev–Trinajstić information content (AvgIpc) is 2.96. The van der Waals surface area contributed by atoms with Gasteiger partial charge in [0.25, 0.3) is 0 Å². The van der Waals surface area contributed by atoms with Crippen molar-refractivity contribution in [2.24, 2.45) is 0 Å². The van der Waals surface area contributed by atoms with Gasteiger partial charge in [-0.1, -0.05) is 19.9 Å². The fraction of sp³-hybridized carbons (Fsp3) is 0.438. The molecular weight excluding hydrogens is 236 g/mol. The van der Waals surface area contributed by atoms with Crippen LogP contribution in [0.5, 0.6) is 0 Å². The first kappa shape index (κ1) is 13.8.